The van der Waals surface area contributed by atoms with E-state index >= 15 is 0 Å². The van der Waals surface area contributed by atoms with Crippen molar-refractivity contribution in [1.82, 2.24) is 15.3 Å². The molecule has 0 aromatic carbocycles. The summed E-state index contributed by atoms with van der Waals surface area (Å²) < 4.78 is 5.00. The van der Waals surface area contributed by atoms with Gasteiger partial charge in [0.25, 0.3) is 0 Å². The van der Waals surface area contributed by atoms with Gasteiger partial charge < -0.3 is 15.0 Å². The van der Waals surface area contributed by atoms with Crippen LogP contribution in [0.5, 0.6) is 0 Å². The van der Waals surface area contributed by atoms with E-state index in [0.717, 1.165) is 44.3 Å². The molecular formula is C16H28N4O. The lowest BCUT2D eigenvalue weighted by Crippen LogP contribution is -2.39. The summed E-state index contributed by atoms with van der Waals surface area (Å²) >= 11 is 0. The third-order valence-electron chi connectivity index (χ3n) is 4.61. The summed E-state index contributed by atoms with van der Waals surface area (Å²) in [6.07, 6.45) is 7.57. The summed E-state index contributed by atoms with van der Waals surface area (Å²) in [5, 5.41) is 3.30. The van der Waals surface area contributed by atoms with E-state index < -0.39 is 0 Å². The van der Waals surface area contributed by atoms with E-state index in [-0.39, 0.29) is 0 Å². The van der Waals surface area contributed by atoms with Crippen LogP contribution in [0.4, 0.5) is 5.95 Å². The first-order chi connectivity index (χ1) is 10.2. The van der Waals surface area contributed by atoms with Crippen LogP contribution in [-0.2, 0) is 11.3 Å². The Labute approximate surface area is 128 Å². The number of piperidine rings is 1. The maximum Gasteiger partial charge on any atom is 0.225 e. The van der Waals surface area contributed by atoms with E-state index in [2.05, 4.69) is 34.0 Å². The molecule has 1 N–H and O–H groups in total. The van der Waals surface area contributed by atoms with Gasteiger partial charge in [-0.05, 0) is 18.3 Å². The van der Waals surface area contributed by atoms with Crippen molar-refractivity contribution >= 4 is 5.95 Å². The molecule has 5 heteroatoms. The molecule has 1 aromatic heterocycles. The average molecular weight is 292 g/mol. The van der Waals surface area contributed by atoms with Gasteiger partial charge in [-0.2, -0.15) is 0 Å². The third-order valence-corrected chi connectivity index (χ3v) is 4.61. The van der Waals surface area contributed by atoms with Crippen LogP contribution in [0.15, 0.2) is 12.4 Å². The number of anilines is 1. The molecule has 5 nitrogen and oxygen atoms in total. The van der Waals surface area contributed by atoms with Gasteiger partial charge in [-0.1, -0.05) is 20.3 Å². The molecule has 1 aliphatic rings. The molecule has 2 rings (SSSR count). The Bertz CT molecular complexity index is 413. The first-order valence-electron chi connectivity index (χ1n) is 7.92. The molecule has 1 fully saturated rings. The van der Waals surface area contributed by atoms with Gasteiger partial charge in [0.15, 0.2) is 0 Å². The molecule has 0 saturated carbocycles. The first-order valence-corrected chi connectivity index (χ1v) is 7.92. The largest absolute Gasteiger partial charge is 0.383 e. The van der Waals surface area contributed by atoms with Crippen molar-refractivity contribution in [2.45, 2.75) is 39.7 Å². The summed E-state index contributed by atoms with van der Waals surface area (Å²) in [7, 11) is 1.71. The number of hydrogen-bond acceptors (Lipinski definition) is 5. The number of rotatable bonds is 7. The van der Waals surface area contributed by atoms with E-state index in [0.29, 0.717) is 5.41 Å². The molecular weight excluding hydrogens is 264 g/mol. The van der Waals surface area contributed by atoms with Crippen LogP contribution in [0.2, 0.25) is 0 Å². The summed E-state index contributed by atoms with van der Waals surface area (Å²) in [5.74, 6) is 0.869. The zero-order valence-electron chi connectivity index (χ0n) is 13.6. The number of nitrogens with one attached hydrogen (secondary N) is 1. The summed E-state index contributed by atoms with van der Waals surface area (Å²) in [4.78, 5) is 11.3. The highest BCUT2D eigenvalue weighted by Crippen LogP contribution is 2.34. The van der Waals surface area contributed by atoms with Crippen LogP contribution in [0.25, 0.3) is 0 Å². The van der Waals surface area contributed by atoms with Crippen molar-refractivity contribution in [1.29, 1.82) is 0 Å². The Balaban J connectivity index is 1.82. The van der Waals surface area contributed by atoms with Gasteiger partial charge in [0.2, 0.25) is 5.95 Å². The lowest BCUT2D eigenvalue weighted by molar-refractivity contribution is 0.199. The fraction of sp³-hybridized carbons (Fsp3) is 0.750. The minimum atomic E-state index is 0.502. The van der Waals surface area contributed by atoms with Crippen LogP contribution in [0, 0.1) is 5.41 Å². The Hall–Kier alpha value is -1.20. The monoisotopic (exact) mass is 292 g/mol. The number of hydrogen-bond donors (Lipinski definition) is 1. The second kappa shape index (κ2) is 7.71. The summed E-state index contributed by atoms with van der Waals surface area (Å²) in [5.41, 5.74) is 1.62. The second-order valence-electron chi connectivity index (χ2n) is 6.21. The smallest absolute Gasteiger partial charge is 0.225 e. The van der Waals surface area contributed by atoms with E-state index in [1.807, 2.05) is 12.4 Å². The molecule has 1 aromatic rings. The molecule has 0 unspecified atom stereocenters. The molecule has 0 spiro atoms. The molecule has 0 amide bonds. The standard InChI is InChI=1S/C16H28N4O/c1-4-16(2)5-8-20(9-6-16)15-18-12-14(13-19-15)11-17-7-10-21-3/h12-13,17H,4-11H2,1-3H3. The molecule has 0 atom stereocenters. The molecule has 0 radical (unpaired) electrons. The van der Waals surface area contributed by atoms with Crippen molar-refractivity contribution in [3.63, 3.8) is 0 Å². The average Bonchev–Trinajstić information content (AvgIpc) is 2.53. The Morgan fingerprint density at radius 1 is 1.29 bits per heavy atom. The van der Waals surface area contributed by atoms with Crippen LogP contribution in [0.1, 0.15) is 38.7 Å². The van der Waals surface area contributed by atoms with Crippen molar-refractivity contribution in [3.8, 4) is 0 Å². The van der Waals surface area contributed by atoms with E-state index in [9.17, 15) is 0 Å². The Morgan fingerprint density at radius 3 is 2.52 bits per heavy atom. The van der Waals surface area contributed by atoms with Crippen LogP contribution >= 0.6 is 0 Å². The second-order valence-corrected chi connectivity index (χ2v) is 6.21. The van der Waals surface area contributed by atoms with Crippen molar-refractivity contribution < 1.29 is 4.74 Å². The lowest BCUT2D eigenvalue weighted by Gasteiger charge is -2.38. The molecule has 1 aliphatic heterocycles. The van der Waals surface area contributed by atoms with Gasteiger partial charge in [-0.25, -0.2) is 9.97 Å². The van der Waals surface area contributed by atoms with Crippen molar-refractivity contribution in [3.05, 3.63) is 18.0 Å². The maximum atomic E-state index is 5.00. The van der Waals surface area contributed by atoms with Gasteiger partial charge in [0, 0.05) is 51.2 Å². The summed E-state index contributed by atoms with van der Waals surface area (Å²) in [6.45, 7) is 9.17. The van der Waals surface area contributed by atoms with E-state index in [1.165, 1.54) is 19.3 Å². The maximum absolute atomic E-state index is 5.00. The normalized spacial score (nSPS) is 18.0. The fourth-order valence-electron chi connectivity index (χ4n) is 2.61. The minimum Gasteiger partial charge on any atom is -0.383 e. The molecule has 21 heavy (non-hydrogen) atoms. The van der Waals surface area contributed by atoms with Crippen molar-refractivity contribution in [2.75, 3.05) is 38.3 Å². The molecule has 0 aliphatic carbocycles. The van der Waals surface area contributed by atoms with Crippen LogP contribution < -0.4 is 10.2 Å². The predicted molar refractivity (Wildman–Crippen MR) is 85.5 cm³/mol. The van der Waals surface area contributed by atoms with Crippen LogP contribution in [0.3, 0.4) is 0 Å². The molecule has 118 valence electrons. The summed E-state index contributed by atoms with van der Waals surface area (Å²) in [6, 6.07) is 0. The first kappa shape index (κ1) is 16.2. The SMILES string of the molecule is CCC1(C)CCN(c2ncc(CNCCOC)cn2)CC1. The highest BCUT2D eigenvalue weighted by molar-refractivity contribution is 5.30. The Kier molecular flexibility index (Phi) is 5.94. The zero-order chi connectivity index (χ0) is 15.1. The quantitative estimate of drug-likeness (QED) is 0.781. The van der Waals surface area contributed by atoms with E-state index in [4.69, 9.17) is 4.74 Å². The molecule has 0 bridgehead atoms. The van der Waals surface area contributed by atoms with E-state index in [1.54, 1.807) is 7.11 Å². The van der Waals surface area contributed by atoms with Crippen LogP contribution in [-0.4, -0.2) is 43.3 Å². The highest BCUT2D eigenvalue weighted by atomic mass is 16.5. The number of aromatic nitrogens is 2. The van der Waals surface area contributed by atoms with Gasteiger partial charge in [0.05, 0.1) is 6.61 Å². The van der Waals surface area contributed by atoms with Crippen molar-refractivity contribution in [2.24, 2.45) is 5.41 Å². The number of methoxy groups -OCH3 is 1. The lowest BCUT2D eigenvalue weighted by atomic mass is 9.78. The van der Waals surface area contributed by atoms with Gasteiger partial charge in [0.1, 0.15) is 0 Å². The molecule has 1 saturated heterocycles. The third kappa shape index (κ3) is 4.64. The fourth-order valence-corrected chi connectivity index (χ4v) is 2.61. The number of nitrogens with zero attached hydrogens (tertiary/aromatic N) is 3. The van der Waals surface area contributed by atoms with Gasteiger partial charge in [-0.3, -0.25) is 0 Å². The molecule has 2 heterocycles. The number of ether oxygens (including phenoxy) is 1. The predicted octanol–water partition coefficient (Wildman–Crippen LogP) is 2.23. The van der Waals surface area contributed by atoms with Gasteiger partial charge >= 0.3 is 0 Å². The topological polar surface area (TPSA) is 50.3 Å². The zero-order valence-corrected chi connectivity index (χ0v) is 13.6. The van der Waals surface area contributed by atoms with Gasteiger partial charge in [-0.15, -0.1) is 0 Å². The highest BCUT2D eigenvalue weighted by Gasteiger charge is 2.29. The Morgan fingerprint density at radius 2 is 1.95 bits per heavy atom. The minimum absolute atomic E-state index is 0.502.